The van der Waals surface area contributed by atoms with E-state index >= 15 is 0 Å². The molecule has 0 bridgehead atoms. The molecule has 0 rings (SSSR count). The second-order valence-corrected chi connectivity index (χ2v) is 4.94. The molecule has 0 saturated heterocycles. The highest BCUT2D eigenvalue weighted by molar-refractivity contribution is 5.79. The van der Waals surface area contributed by atoms with Crippen LogP contribution in [0.25, 0.3) is 0 Å². The maximum Gasteiger partial charge on any atom is 0.246 e. The zero-order valence-electron chi connectivity index (χ0n) is 15.9. The van der Waals surface area contributed by atoms with Gasteiger partial charge in [-0.3, -0.25) is 9.59 Å². The van der Waals surface area contributed by atoms with Gasteiger partial charge >= 0.3 is 0 Å². The van der Waals surface area contributed by atoms with E-state index in [1.165, 1.54) is 0 Å². The summed E-state index contributed by atoms with van der Waals surface area (Å²) >= 11 is 0. The van der Waals surface area contributed by atoms with Crippen molar-refractivity contribution in [2.75, 3.05) is 52.9 Å². The van der Waals surface area contributed by atoms with Crippen LogP contribution in [-0.4, -0.2) is 70.6 Å². The molecule has 7 nitrogen and oxygen atoms in total. The van der Waals surface area contributed by atoms with E-state index in [0.717, 1.165) is 0 Å². The van der Waals surface area contributed by atoms with Crippen LogP contribution in [0.1, 0.15) is 41.0 Å². The molecule has 0 spiro atoms. The van der Waals surface area contributed by atoms with Gasteiger partial charge in [-0.1, -0.05) is 20.8 Å². The van der Waals surface area contributed by atoms with Gasteiger partial charge in [0.05, 0.1) is 39.6 Å². The Morgan fingerprint density at radius 1 is 0.792 bits per heavy atom. The molecule has 0 aromatic heterocycles. The summed E-state index contributed by atoms with van der Waals surface area (Å²) in [6.07, 6.45) is 0.496. The first kappa shape index (κ1) is 25.2. The molecule has 0 radical (unpaired) electrons. The molecule has 0 saturated carbocycles. The number of carbonyl (C=O) groups is 2. The van der Waals surface area contributed by atoms with E-state index in [9.17, 15) is 9.59 Å². The van der Waals surface area contributed by atoms with Gasteiger partial charge in [0.2, 0.25) is 5.91 Å². The SMILES string of the molecule is CC.CCC(=O)COCCOCCOCCOCC(=O)NC(C)C. The minimum absolute atomic E-state index is 0.0475. The molecule has 1 N–H and O–H groups in total. The molecule has 1 amide bonds. The first-order valence-corrected chi connectivity index (χ1v) is 8.68. The molecular formula is C17H35NO6. The summed E-state index contributed by atoms with van der Waals surface area (Å²) in [5.41, 5.74) is 0. The van der Waals surface area contributed by atoms with E-state index in [4.69, 9.17) is 18.9 Å². The monoisotopic (exact) mass is 349 g/mol. The number of ether oxygens (including phenoxy) is 4. The zero-order chi connectivity index (χ0) is 18.6. The van der Waals surface area contributed by atoms with Crippen LogP contribution >= 0.6 is 0 Å². The van der Waals surface area contributed by atoms with Crippen molar-refractivity contribution < 1.29 is 28.5 Å². The maximum atomic E-state index is 11.2. The van der Waals surface area contributed by atoms with Crippen LogP contribution in [0, 0.1) is 0 Å². The zero-order valence-corrected chi connectivity index (χ0v) is 15.9. The molecule has 0 aliphatic rings. The Hall–Kier alpha value is -1.02. The van der Waals surface area contributed by atoms with E-state index in [-0.39, 0.29) is 30.9 Å². The molecule has 0 unspecified atom stereocenters. The summed E-state index contributed by atoms with van der Waals surface area (Å²) in [6, 6.07) is 0.119. The van der Waals surface area contributed by atoms with Gasteiger partial charge in [0.1, 0.15) is 13.2 Å². The van der Waals surface area contributed by atoms with Crippen LogP contribution in [0.2, 0.25) is 0 Å². The van der Waals surface area contributed by atoms with Crippen molar-refractivity contribution in [2.45, 2.75) is 47.1 Å². The number of amides is 1. The number of Topliss-reactive ketones (excluding diaryl/α,β-unsaturated/α-hetero) is 1. The van der Waals surface area contributed by atoms with Crippen molar-refractivity contribution in [1.29, 1.82) is 0 Å². The predicted octanol–water partition coefficient (Wildman–Crippen LogP) is 1.58. The van der Waals surface area contributed by atoms with Gasteiger partial charge in [-0.15, -0.1) is 0 Å². The first-order valence-electron chi connectivity index (χ1n) is 8.68. The Balaban J connectivity index is 0. The fraction of sp³-hybridized carbons (Fsp3) is 0.882. The summed E-state index contributed by atoms with van der Waals surface area (Å²) in [4.78, 5) is 22.2. The summed E-state index contributed by atoms with van der Waals surface area (Å²) in [6.45, 7) is 12.3. The molecule has 0 fully saturated rings. The minimum atomic E-state index is -0.125. The Labute approximate surface area is 146 Å². The molecule has 0 aromatic rings. The average molecular weight is 349 g/mol. The lowest BCUT2D eigenvalue weighted by Gasteiger charge is -2.09. The third-order valence-corrected chi connectivity index (χ3v) is 2.46. The van der Waals surface area contributed by atoms with Gasteiger partial charge in [-0.2, -0.15) is 0 Å². The fourth-order valence-electron chi connectivity index (χ4n) is 1.37. The fourth-order valence-corrected chi connectivity index (χ4v) is 1.37. The number of hydrogen-bond acceptors (Lipinski definition) is 6. The standard InChI is InChI=1S/C15H29NO6.C2H6/c1-4-14(17)11-21-9-7-19-5-6-20-8-10-22-12-15(18)16-13(2)3;1-2/h13H,4-12H2,1-3H3,(H,16,18);1-2H3. The minimum Gasteiger partial charge on any atom is -0.377 e. The largest absolute Gasteiger partial charge is 0.377 e. The van der Waals surface area contributed by atoms with Crippen LogP contribution in [0.3, 0.4) is 0 Å². The quantitative estimate of drug-likeness (QED) is 0.452. The molecule has 0 aliphatic carbocycles. The van der Waals surface area contributed by atoms with E-state index in [1.807, 2.05) is 27.7 Å². The van der Waals surface area contributed by atoms with Crippen LogP contribution in [0.5, 0.6) is 0 Å². The number of carbonyl (C=O) groups excluding carboxylic acids is 2. The Morgan fingerprint density at radius 2 is 1.21 bits per heavy atom. The normalized spacial score (nSPS) is 10.2. The lowest BCUT2D eigenvalue weighted by atomic mass is 10.3. The topological polar surface area (TPSA) is 83.1 Å². The van der Waals surface area contributed by atoms with Crippen molar-refractivity contribution >= 4 is 11.7 Å². The smallest absolute Gasteiger partial charge is 0.246 e. The van der Waals surface area contributed by atoms with Crippen molar-refractivity contribution in [2.24, 2.45) is 0 Å². The Bertz CT molecular complexity index is 297. The second-order valence-electron chi connectivity index (χ2n) is 4.94. The van der Waals surface area contributed by atoms with Crippen LogP contribution in [0.15, 0.2) is 0 Å². The third-order valence-electron chi connectivity index (χ3n) is 2.46. The Morgan fingerprint density at radius 3 is 1.62 bits per heavy atom. The molecule has 0 aliphatic heterocycles. The number of ketones is 1. The van der Waals surface area contributed by atoms with Crippen molar-refractivity contribution in [3.05, 3.63) is 0 Å². The number of rotatable bonds is 15. The van der Waals surface area contributed by atoms with Gasteiger partial charge in [-0.25, -0.2) is 0 Å². The van der Waals surface area contributed by atoms with Gasteiger partial charge in [0.25, 0.3) is 0 Å². The first-order chi connectivity index (χ1) is 11.6. The lowest BCUT2D eigenvalue weighted by molar-refractivity contribution is -0.127. The van der Waals surface area contributed by atoms with E-state index < -0.39 is 0 Å². The van der Waals surface area contributed by atoms with Gasteiger partial charge in [0.15, 0.2) is 5.78 Å². The summed E-state index contributed by atoms with van der Waals surface area (Å²) in [7, 11) is 0. The van der Waals surface area contributed by atoms with E-state index in [2.05, 4.69) is 5.32 Å². The summed E-state index contributed by atoms with van der Waals surface area (Å²) in [5.74, 6) is -0.0368. The van der Waals surface area contributed by atoms with Crippen molar-refractivity contribution in [3.8, 4) is 0 Å². The number of hydrogen-bond donors (Lipinski definition) is 1. The molecule has 24 heavy (non-hydrogen) atoms. The summed E-state index contributed by atoms with van der Waals surface area (Å²) in [5, 5.41) is 2.73. The number of nitrogens with one attached hydrogen (secondary N) is 1. The molecule has 0 aromatic carbocycles. The highest BCUT2D eigenvalue weighted by Gasteiger charge is 2.02. The lowest BCUT2D eigenvalue weighted by Crippen LogP contribution is -2.33. The van der Waals surface area contributed by atoms with Crippen LogP contribution in [-0.2, 0) is 28.5 Å². The van der Waals surface area contributed by atoms with Crippen molar-refractivity contribution in [3.63, 3.8) is 0 Å². The highest BCUT2D eigenvalue weighted by Crippen LogP contribution is 1.86. The van der Waals surface area contributed by atoms with Crippen LogP contribution in [0.4, 0.5) is 0 Å². The molecule has 0 heterocycles. The van der Waals surface area contributed by atoms with E-state index in [1.54, 1.807) is 6.92 Å². The van der Waals surface area contributed by atoms with Gasteiger partial charge in [-0.05, 0) is 13.8 Å². The third kappa shape index (κ3) is 21.0. The second kappa shape index (κ2) is 20.0. The van der Waals surface area contributed by atoms with E-state index in [0.29, 0.717) is 46.1 Å². The van der Waals surface area contributed by atoms with Gasteiger partial charge in [0, 0.05) is 12.5 Å². The van der Waals surface area contributed by atoms with Crippen LogP contribution < -0.4 is 5.32 Å². The highest BCUT2D eigenvalue weighted by atomic mass is 16.6. The molecule has 0 atom stereocenters. The van der Waals surface area contributed by atoms with Crippen molar-refractivity contribution in [1.82, 2.24) is 5.32 Å². The predicted molar refractivity (Wildman–Crippen MR) is 93.2 cm³/mol. The maximum absolute atomic E-state index is 11.2. The van der Waals surface area contributed by atoms with Gasteiger partial charge < -0.3 is 24.3 Å². The molecular weight excluding hydrogens is 314 g/mol. The average Bonchev–Trinajstić information content (AvgIpc) is 2.56. The Kier molecular flexibility index (Phi) is 21.0. The molecule has 144 valence electrons. The molecule has 7 heteroatoms. The summed E-state index contributed by atoms with van der Waals surface area (Å²) < 4.78 is 20.8.